The number of hydrogen-bond acceptors (Lipinski definition) is 9. The topological polar surface area (TPSA) is 115 Å². The molecule has 0 radical (unpaired) electrons. The van der Waals surface area contributed by atoms with Gasteiger partial charge in [-0.15, -0.1) is 0 Å². The molecule has 2 aliphatic heterocycles. The predicted molar refractivity (Wildman–Crippen MR) is 138 cm³/mol. The number of rotatable bonds is 3. The van der Waals surface area contributed by atoms with E-state index in [0.29, 0.717) is 18.7 Å². The third kappa shape index (κ3) is 3.77. The number of carbonyl (C=O) groups is 1. The molecule has 3 aliphatic rings. The van der Waals surface area contributed by atoms with Crippen molar-refractivity contribution in [1.82, 2.24) is 29.8 Å². The molecule has 0 unspecified atom stereocenters. The minimum Gasteiger partial charge on any atom is -0.350 e. The zero-order chi connectivity index (χ0) is 25.7. The summed E-state index contributed by atoms with van der Waals surface area (Å²) in [6, 6.07) is 7.57. The van der Waals surface area contributed by atoms with Gasteiger partial charge in [0.15, 0.2) is 0 Å². The normalized spacial score (nSPS) is 21.9. The summed E-state index contributed by atoms with van der Waals surface area (Å²) in [5.74, 6) is 2.66. The standard InChI is InChI=1S/C27H29N9O/c1-17-5-9-30-23(33-17)26(37)35-14-18(2)34(13-19(35)3)24-22-25(32-16-31-24)36(15-27(22)7-4-8-27)21-11-20(12-28)6-10-29-21/h5-6,9-11,16,18-19H,4,7-8,13-15H2,1-3H3/t18-,19+/m0/s1. The molecule has 0 aromatic carbocycles. The van der Waals surface area contributed by atoms with Crippen molar-refractivity contribution < 1.29 is 4.79 Å². The van der Waals surface area contributed by atoms with Crippen LogP contribution in [0.1, 0.15) is 60.5 Å². The quantitative estimate of drug-likeness (QED) is 0.540. The smallest absolute Gasteiger partial charge is 0.292 e. The van der Waals surface area contributed by atoms with E-state index in [1.807, 2.05) is 17.9 Å². The Morgan fingerprint density at radius 2 is 1.84 bits per heavy atom. The van der Waals surface area contributed by atoms with Crippen molar-refractivity contribution in [1.29, 1.82) is 5.26 Å². The van der Waals surface area contributed by atoms with Crippen molar-refractivity contribution >= 4 is 23.4 Å². The molecule has 1 amide bonds. The fourth-order valence-corrected chi connectivity index (χ4v) is 5.94. The van der Waals surface area contributed by atoms with Crippen LogP contribution in [0.4, 0.5) is 17.5 Å². The van der Waals surface area contributed by atoms with Crippen LogP contribution in [0.5, 0.6) is 0 Å². The van der Waals surface area contributed by atoms with Gasteiger partial charge in [-0.2, -0.15) is 5.26 Å². The molecule has 37 heavy (non-hydrogen) atoms. The molecule has 0 bridgehead atoms. The third-order valence-corrected chi connectivity index (χ3v) is 8.02. The van der Waals surface area contributed by atoms with Crippen LogP contribution in [0.3, 0.4) is 0 Å². The summed E-state index contributed by atoms with van der Waals surface area (Å²) in [4.78, 5) is 42.3. The summed E-state index contributed by atoms with van der Waals surface area (Å²) in [5.41, 5.74) is 2.50. The average Bonchev–Trinajstić information content (AvgIpc) is 3.26. The molecule has 1 saturated carbocycles. The molecule has 5 heterocycles. The van der Waals surface area contributed by atoms with Crippen molar-refractivity contribution in [3.63, 3.8) is 0 Å². The Hall–Kier alpha value is -4.13. The third-order valence-electron chi connectivity index (χ3n) is 8.02. The molecular weight excluding hydrogens is 466 g/mol. The Morgan fingerprint density at radius 1 is 1.05 bits per heavy atom. The van der Waals surface area contributed by atoms with Crippen LogP contribution in [0.25, 0.3) is 0 Å². The first kappa shape index (κ1) is 23.3. The number of nitriles is 1. The number of hydrogen-bond donors (Lipinski definition) is 0. The molecular formula is C27H29N9O. The largest absolute Gasteiger partial charge is 0.350 e. The van der Waals surface area contributed by atoms with E-state index in [4.69, 9.17) is 9.97 Å². The maximum atomic E-state index is 13.3. The predicted octanol–water partition coefficient (Wildman–Crippen LogP) is 3.15. The molecule has 2 atom stereocenters. The van der Waals surface area contributed by atoms with E-state index < -0.39 is 0 Å². The first-order chi connectivity index (χ1) is 17.9. The van der Waals surface area contributed by atoms with Crippen LogP contribution >= 0.6 is 0 Å². The average molecular weight is 496 g/mol. The lowest BCUT2D eigenvalue weighted by Gasteiger charge is -2.46. The highest BCUT2D eigenvalue weighted by Gasteiger charge is 2.52. The van der Waals surface area contributed by atoms with Gasteiger partial charge in [0, 0.05) is 60.8 Å². The second-order valence-corrected chi connectivity index (χ2v) is 10.5. The summed E-state index contributed by atoms with van der Waals surface area (Å²) in [7, 11) is 0. The van der Waals surface area contributed by atoms with E-state index >= 15 is 0 Å². The lowest BCUT2D eigenvalue weighted by Crippen LogP contribution is -2.59. The zero-order valence-electron chi connectivity index (χ0n) is 21.3. The summed E-state index contributed by atoms with van der Waals surface area (Å²) in [6.07, 6.45) is 8.25. The molecule has 1 spiro atoms. The SMILES string of the molecule is Cc1ccnc(C(=O)N2C[C@H](C)N(c3ncnc4c3C3(CCC3)CN4c3cc(C#N)ccn3)C[C@H]2C)n1. The number of anilines is 3. The lowest BCUT2D eigenvalue weighted by atomic mass is 9.66. The second-order valence-electron chi connectivity index (χ2n) is 10.5. The highest BCUT2D eigenvalue weighted by molar-refractivity contribution is 5.91. The highest BCUT2D eigenvalue weighted by Crippen LogP contribution is 2.56. The first-order valence-electron chi connectivity index (χ1n) is 12.8. The second kappa shape index (κ2) is 8.76. The Balaban J connectivity index is 1.34. The number of pyridine rings is 1. The molecule has 6 rings (SSSR count). The molecule has 1 aliphatic carbocycles. The number of aromatic nitrogens is 5. The molecule has 10 heteroatoms. The van der Waals surface area contributed by atoms with Crippen molar-refractivity contribution in [2.24, 2.45) is 0 Å². The van der Waals surface area contributed by atoms with Crippen molar-refractivity contribution in [2.75, 3.05) is 29.4 Å². The van der Waals surface area contributed by atoms with Gasteiger partial charge in [-0.25, -0.2) is 24.9 Å². The van der Waals surface area contributed by atoms with Crippen LogP contribution in [0.2, 0.25) is 0 Å². The molecule has 0 N–H and O–H groups in total. The van der Waals surface area contributed by atoms with Crippen LogP contribution in [-0.2, 0) is 5.41 Å². The van der Waals surface area contributed by atoms with Crippen LogP contribution in [-0.4, -0.2) is 67.4 Å². The summed E-state index contributed by atoms with van der Waals surface area (Å²) in [5, 5.41) is 9.41. The number of nitrogens with zero attached hydrogens (tertiary/aromatic N) is 9. The van der Waals surface area contributed by atoms with Crippen LogP contribution in [0, 0.1) is 18.3 Å². The Morgan fingerprint density at radius 3 is 2.57 bits per heavy atom. The lowest BCUT2D eigenvalue weighted by molar-refractivity contribution is 0.0630. The number of carbonyl (C=O) groups excluding carboxylic acids is 1. The fraction of sp³-hybridized carbons (Fsp3) is 0.444. The molecule has 10 nitrogen and oxygen atoms in total. The summed E-state index contributed by atoms with van der Waals surface area (Å²) >= 11 is 0. The van der Waals surface area contributed by atoms with Gasteiger partial charge in [0.2, 0.25) is 5.82 Å². The maximum Gasteiger partial charge on any atom is 0.292 e. The zero-order valence-corrected chi connectivity index (χ0v) is 21.3. The van der Waals surface area contributed by atoms with Gasteiger partial charge >= 0.3 is 0 Å². The van der Waals surface area contributed by atoms with E-state index in [1.54, 1.807) is 30.9 Å². The van der Waals surface area contributed by atoms with Crippen molar-refractivity contribution in [2.45, 2.75) is 57.5 Å². The van der Waals surface area contributed by atoms with Crippen molar-refractivity contribution in [3.05, 3.63) is 59.6 Å². The number of aryl methyl sites for hydroxylation is 1. The first-order valence-corrected chi connectivity index (χ1v) is 12.8. The van der Waals surface area contributed by atoms with Gasteiger partial charge < -0.3 is 14.7 Å². The minimum absolute atomic E-state index is 0.0262. The van der Waals surface area contributed by atoms with Gasteiger partial charge in [-0.3, -0.25) is 4.79 Å². The van der Waals surface area contributed by atoms with Gasteiger partial charge in [0.25, 0.3) is 5.91 Å². The van der Waals surface area contributed by atoms with Crippen LogP contribution in [0.15, 0.2) is 36.9 Å². The maximum absolute atomic E-state index is 13.3. The minimum atomic E-state index is -0.138. The van der Waals surface area contributed by atoms with Gasteiger partial charge in [0.05, 0.1) is 11.6 Å². The van der Waals surface area contributed by atoms with Crippen LogP contribution < -0.4 is 9.80 Å². The van der Waals surface area contributed by atoms with E-state index in [0.717, 1.165) is 49.0 Å². The van der Waals surface area contributed by atoms with E-state index in [-0.39, 0.29) is 29.2 Å². The Bertz CT molecular complexity index is 1410. The van der Waals surface area contributed by atoms with Gasteiger partial charge in [-0.05, 0) is 51.8 Å². The summed E-state index contributed by atoms with van der Waals surface area (Å²) in [6.45, 7) is 8.05. The molecule has 3 aromatic heterocycles. The molecule has 1 saturated heterocycles. The molecule has 188 valence electrons. The Labute approximate surface area is 216 Å². The Kier molecular flexibility index (Phi) is 5.51. The number of piperazine rings is 1. The van der Waals surface area contributed by atoms with Gasteiger partial charge in [-0.1, -0.05) is 6.42 Å². The summed E-state index contributed by atoms with van der Waals surface area (Å²) < 4.78 is 0. The van der Waals surface area contributed by atoms with Crippen molar-refractivity contribution in [3.8, 4) is 6.07 Å². The van der Waals surface area contributed by atoms with E-state index in [1.165, 1.54) is 5.56 Å². The number of fused-ring (bicyclic) bond motifs is 2. The number of amides is 1. The monoisotopic (exact) mass is 495 g/mol. The fourth-order valence-electron chi connectivity index (χ4n) is 5.94. The molecule has 3 aromatic rings. The van der Waals surface area contributed by atoms with Gasteiger partial charge in [0.1, 0.15) is 23.8 Å². The van der Waals surface area contributed by atoms with E-state index in [9.17, 15) is 10.1 Å². The molecule has 2 fully saturated rings. The highest BCUT2D eigenvalue weighted by atomic mass is 16.2. The van der Waals surface area contributed by atoms with E-state index in [2.05, 4.69) is 44.7 Å².